The number of hydrogen-bond donors (Lipinski definition) is 0. The molecule has 0 N–H and O–H groups in total. The number of benzene rings is 1. The first kappa shape index (κ1) is 24.4. The van der Waals surface area contributed by atoms with Crippen LogP contribution in [0.15, 0.2) is 6.07 Å². The van der Waals surface area contributed by atoms with Gasteiger partial charge in [0.2, 0.25) is 0 Å². The molecule has 3 heteroatoms. The van der Waals surface area contributed by atoms with Crippen molar-refractivity contribution in [1.29, 1.82) is 0 Å². The van der Waals surface area contributed by atoms with Gasteiger partial charge in [-0.3, -0.25) is 9.59 Å². The Hall–Kier alpha value is -1.64. The molecule has 0 aliphatic heterocycles. The highest BCUT2D eigenvalue weighted by Crippen LogP contribution is 2.26. The highest BCUT2D eigenvalue weighted by molar-refractivity contribution is 6.09. The highest BCUT2D eigenvalue weighted by atomic mass is 16.5. The SMILES string of the molecule is CCCCCCOC(=O)C(CCCCCC)C(=O)c1cc(C)c(C)c(C)c1C. The Kier molecular flexibility index (Phi) is 11.1. The van der Waals surface area contributed by atoms with E-state index >= 15 is 0 Å². The van der Waals surface area contributed by atoms with E-state index in [0.717, 1.165) is 68.1 Å². The Balaban J connectivity index is 2.94. The molecule has 3 nitrogen and oxygen atoms in total. The largest absolute Gasteiger partial charge is 0.465 e. The summed E-state index contributed by atoms with van der Waals surface area (Å²) in [5, 5.41) is 0. The lowest BCUT2D eigenvalue weighted by Crippen LogP contribution is -2.27. The molecule has 0 aromatic heterocycles. The Morgan fingerprint density at radius 2 is 1.43 bits per heavy atom. The van der Waals surface area contributed by atoms with E-state index in [1.807, 2.05) is 19.9 Å². The van der Waals surface area contributed by atoms with Crippen molar-refractivity contribution in [2.75, 3.05) is 6.61 Å². The number of carbonyl (C=O) groups excluding carboxylic acids is 2. The maximum atomic E-state index is 13.3. The molecule has 1 aromatic rings. The van der Waals surface area contributed by atoms with E-state index in [1.54, 1.807) is 0 Å². The molecule has 1 aromatic carbocycles. The minimum Gasteiger partial charge on any atom is -0.465 e. The third-order valence-electron chi connectivity index (χ3n) is 5.94. The van der Waals surface area contributed by atoms with Crippen LogP contribution in [-0.4, -0.2) is 18.4 Å². The van der Waals surface area contributed by atoms with Crippen LogP contribution >= 0.6 is 0 Å². The van der Waals surface area contributed by atoms with Crippen molar-refractivity contribution < 1.29 is 14.3 Å². The standard InChI is InChI=1S/C25H40O3/c1-7-9-11-13-15-22(25(27)28-16-14-12-10-8-2)24(26)23-17-18(3)19(4)20(5)21(23)6/h17,22H,7-16H2,1-6H3. The van der Waals surface area contributed by atoms with Crippen molar-refractivity contribution >= 4 is 11.8 Å². The molecular weight excluding hydrogens is 348 g/mol. The number of carbonyl (C=O) groups is 2. The summed E-state index contributed by atoms with van der Waals surface area (Å²) in [4.78, 5) is 26.1. The van der Waals surface area contributed by atoms with Crippen molar-refractivity contribution in [3.63, 3.8) is 0 Å². The first-order valence-electron chi connectivity index (χ1n) is 11.1. The molecule has 0 spiro atoms. The molecule has 0 saturated carbocycles. The van der Waals surface area contributed by atoms with Gasteiger partial charge < -0.3 is 4.74 Å². The van der Waals surface area contributed by atoms with Crippen molar-refractivity contribution in [3.8, 4) is 0 Å². The van der Waals surface area contributed by atoms with Gasteiger partial charge in [0.25, 0.3) is 0 Å². The lowest BCUT2D eigenvalue weighted by atomic mass is 9.86. The molecule has 158 valence electrons. The van der Waals surface area contributed by atoms with Gasteiger partial charge in [-0.25, -0.2) is 0 Å². The van der Waals surface area contributed by atoms with Gasteiger partial charge in [0.15, 0.2) is 5.78 Å². The molecule has 0 aliphatic rings. The Morgan fingerprint density at radius 3 is 2.04 bits per heavy atom. The first-order valence-corrected chi connectivity index (χ1v) is 11.1. The van der Waals surface area contributed by atoms with Crippen molar-refractivity contribution in [3.05, 3.63) is 33.9 Å². The van der Waals surface area contributed by atoms with Crippen LogP contribution in [0.4, 0.5) is 0 Å². The van der Waals surface area contributed by atoms with Crippen molar-refractivity contribution in [1.82, 2.24) is 0 Å². The zero-order valence-electron chi connectivity index (χ0n) is 19.0. The molecule has 0 saturated heterocycles. The Labute approximate surface area is 172 Å². The third-order valence-corrected chi connectivity index (χ3v) is 5.94. The van der Waals surface area contributed by atoms with Crippen LogP contribution in [0.25, 0.3) is 0 Å². The number of unbranched alkanes of at least 4 members (excludes halogenated alkanes) is 6. The van der Waals surface area contributed by atoms with Gasteiger partial charge >= 0.3 is 5.97 Å². The van der Waals surface area contributed by atoms with Crippen LogP contribution in [0.5, 0.6) is 0 Å². The number of Topliss-reactive ketones (excluding diaryl/α,β-unsaturated/α-hetero) is 1. The summed E-state index contributed by atoms with van der Waals surface area (Å²) >= 11 is 0. The molecule has 0 amide bonds. The first-order chi connectivity index (χ1) is 13.3. The minimum absolute atomic E-state index is 0.0706. The summed E-state index contributed by atoms with van der Waals surface area (Å²) in [5.74, 6) is -1.09. The Bertz CT molecular complexity index is 646. The molecule has 1 rings (SSSR count). The summed E-state index contributed by atoms with van der Waals surface area (Å²) in [6.45, 7) is 12.9. The molecule has 0 fully saturated rings. The van der Waals surface area contributed by atoms with Crippen LogP contribution in [0.2, 0.25) is 0 Å². The lowest BCUT2D eigenvalue weighted by Gasteiger charge is -2.19. The van der Waals surface area contributed by atoms with Crippen LogP contribution in [0.1, 0.15) is 104 Å². The molecule has 0 heterocycles. The maximum absolute atomic E-state index is 13.3. The second kappa shape index (κ2) is 12.7. The number of hydrogen-bond acceptors (Lipinski definition) is 3. The Morgan fingerprint density at radius 1 is 0.821 bits per heavy atom. The van der Waals surface area contributed by atoms with Crippen molar-refractivity contribution in [2.24, 2.45) is 5.92 Å². The number of rotatable bonds is 13. The van der Waals surface area contributed by atoms with E-state index in [9.17, 15) is 9.59 Å². The van der Waals surface area contributed by atoms with E-state index in [-0.39, 0.29) is 11.8 Å². The normalized spacial score (nSPS) is 12.1. The molecule has 0 bridgehead atoms. The fraction of sp³-hybridized carbons (Fsp3) is 0.680. The molecule has 1 unspecified atom stereocenters. The number of aryl methyl sites for hydroxylation is 1. The zero-order chi connectivity index (χ0) is 21.1. The number of esters is 1. The van der Waals surface area contributed by atoms with E-state index < -0.39 is 5.92 Å². The summed E-state index contributed by atoms with van der Waals surface area (Å²) < 4.78 is 5.51. The zero-order valence-corrected chi connectivity index (χ0v) is 19.0. The van der Waals surface area contributed by atoms with Gasteiger partial charge in [0, 0.05) is 5.56 Å². The second-order valence-electron chi connectivity index (χ2n) is 8.11. The number of ether oxygens (including phenoxy) is 1. The van der Waals surface area contributed by atoms with E-state index in [0.29, 0.717) is 18.6 Å². The third kappa shape index (κ3) is 7.07. The topological polar surface area (TPSA) is 43.4 Å². The van der Waals surface area contributed by atoms with Gasteiger partial charge in [-0.05, 0) is 68.9 Å². The van der Waals surface area contributed by atoms with Crippen LogP contribution in [0, 0.1) is 33.6 Å². The van der Waals surface area contributed by atoms with Gasteiger partial charge in [-0.15, -0.1) is 0 Å². The predicted octanol–water partition coefficient (Wildman–Crippen LogP) is 6.81. The van der Waals surface area contributed by atoms with Gasteiger partial charge in [-0.2, -0.15) is 0 Å². The predicted molar refractivity (Wildman–Crippen MR) is 117 cm³/mol. The summed E-state index contributed by atoms with van der Waals surface area (Å²) in [5.41, 5.74) is 5.13. The molecular formula is C25H40O3. The fourth-order valence-electron chi connectivity index (χ4n) is 3.59. The quantitative estimate of drug-likeness (QED) is 0.161. The summed E-state index contributed by atoms with van der Waals surface area (Å²) in [6.07, 6.45) is 9.03. The van der Waals surface area contributed by atoms with E-state index in [2.05, 4.69) is 27.7 Å². The van der Waals surface area contributed by atoms with Crippen LogP contribution in [-0.2, 0) is 9.53 Å². The average molecular weight is 389 g/mol. The lowest BCUT2D eigenvalue weighted by molar-refractivity contribution is -0.147. The monoisotopic (exact) mass is 388 g/mol. The second-order valence-corrected chi connectivity index (χ2v) is 8.11. The molecule has 0 radical (unpaired) electrons. The van der Waals surface area contributed by atoms with Gasteiger partial charge in [0.1, 0.15) is 5.92 Å². The average Bonchev–Trinajstić information content (AvgIpc) is 2.68. The van der Waals surface area contributed by atoms with Gasteiger partial charge in [0.05, 0.1) is 6.61 Å². The molecule has 1 atom stereocenters. The highest BCUT2D eigenvalue weighted by Gasteiger charge is 2.30. The van der Waals surface area contributed by atoms with E-state index in [1.165, 1.54) is 5.56 Å². The van der Waals surface area contributed by atoms with Gasteiger partial charge in [-0.1, -0.05) is 58.8 Å². The number of ketones is 1. The maximum Gasteiger partial charge on any atom is 0.316 e. The summed E-state index contributed by atoms with van der Waals surface area (Å²) in [7, 11) is 0. The summed E-state index contributed by atoms with van der Waals surface area (Å²) in [6, 6.07) is 1.95. The van der Waals surface area contributed by atoms with Crippen LogP contribution in [0.3, 0.4) is 0 Å². The fourth-order valence-corrected chi connectivity index (χ4v) is 3.59. The smallest absolute Gasteiger partial charge is 0.316 e. The van der Waals surface area contributed by atoms with Crippen molar-refractivity contribution in [2.45, 2.75) is 99.3 Å². The minimum atomic E-state index is -0.678. The molecule has 28 heavy (non-hydrogen) atoms. The van der Waals surface area contributed by atoms with Crippen LogP contribution < -0.4 is 0 Å². The molecule has 0 aliphatic carbocycles. The van der Waals surface area contributed by atoms with E-state index in [4.69, 9.17) is 4.74 Å².